The van der Waals surface area contributed by atoms with Crippen LogP contribution in [0.4, 0.5) is 5.69 Å². The van der Waals surface area contributed by atoms with Gasteiger partial charge in [-0.3, -0.25) is 4.79 Å². The molecule has 0 saturated heterocycles. The van der Waals surface area contributed by atoms with E-state index >= 15 is 0 Å². The first-order valence-corrected chi connectivity index (χ1v) is 10.3. The Morgan fingerprint density at radius 1 is 1.25 bits per heavy atom. The molecule has 0 radical (unpaired) electrons. The van der Waals surface area contributed by atoms with Gasteiger partial charge in [-0.25, -0.2) is 5.43 Å². The van der Waals surface area contributed by atoms with Crippen molar-refractivity contribution >= 4 is 17.3 Å². The van der Waals surface area contributed by atoms with Gasteiger partial charge in [0, 0.05) is 30.3 Å². The first-order chi connectivity index (χ1) is 13.3. The minimum absolute atomic E-state index is 0.187. The second-order valence-corrected chi connectivity index (χ2v) is 8.23. The van der Waals surface area contributed by atoms with Crippen LogP contribution in [-0.2, 0) is 0 Å². The molecule has 0 fully saturated rings. The van der Waals surface area contributed by atoms with Gasteiger partial charge >= 0.3 is 0 Å². The van der Waals surface area contributed by atoms with E-state index in [9.17, 15) is 4.79 Å². The smallest absolute Gasteiger partial charge is 0.271 e. The zero-order valence-corrected chi connectivity index (χ0v) is 18.2. The molecule has 152 valence electrons. The number of hydrogen-bond acceptors (Lipinski definition) is 3. The molecule has 0 saturated carbocycles. The highest BCUT2D eigenvalue weighted by atomic mass is 16.2. The van der Waals surface area contributed by atoms with Crippen LogP contribution >= 0.6 is 0 Å². The van der Waals surface area contributed by atoms with Gasteiger partial charge in [0.25, 0.3) is 5.91 Å². The molecular formula is C24H35N3O. The molecule has 0 aliphatic heterocycles. The minimum Gasteiger partial charge on any atom is -0.372 e. The molecule has 0 heterocycles. The molecule has 2 rings (SSSR count). The van der Waals surface area contributed by atoms with Gasteiger partial charge in [0.2, 0.25) is 0 Å². The van der Waals surface area contributed by atoms with Crippen LogP contribution in [0, 0.1) is 11.3 Å². The third-order valence-corrected chi connectivity index (χ3v) is 5.71. The molecule has 0 unspecified atom stereocenters. The van der Waals surface area contributed by atoms with E-state index in [1.807, 2.05) is 37.3 Å². The monoisotopic (exact) mass is 381 g/mol. The van der Waals surface area contributed by atoms with E-state index in [0.29, 0.717) is 11.5 Å². The fourth-order valence-electron chi connectivity index (χ4n) is 3.87. The van der Waals surface area contributed by atoms with Crippen molar-refractivity contribution in [3.05, 3.63) is 53.6 Å². The van der Waals surface area contributed by atoms with Gasteiger partial charge in [0.05, 0.1) is 5.71 Å². The standard InChI is InChI=1S/C24H35N3O/c1-7-27(8-2)21-14-12-20(13-15-21)23(28)26-25-19(4)11-16-22-18(3)10-9-17-24(22,5)6/h10-16,22H,7-9,17H2,1-6H3,(H,26,28)/b16-11+,25-19-/t22-/m1/s1. The Kier molecular flexibility index (Phi) is 7.61. The third-order valence-electron chi connectivity index (χ3n) is 5.71. The molecule has 0 spiro atoms. The number of benzene rings is 1. The largest absolute Gasteiger partial charge is 0.372 e. The van der Waals surface area contributed by atoms with Crippen LogP contribution in [0.3, 0.4) is 0 Å². The van der Waals surface area contributed by atoms with E-state index in [1.54, 1.807) is 0 Å². The van der Waals surface area contributed by atoms with Crippen LogP contribution < -0.4 is 10.3 Å². The van der Waals surface area contributed by atoms with Gasteiger partial charge in [0.15, 0.2) is 0 Å². The SMILES string of the molecule is CCN(CC)c1ccc(C(=O)N/N=C(C)\C=C\[C@@H]2C(C)=CCCC2(C)C)cc1. The lowest BCUT2D eigenvalue weighted by Crippen LogP contribution is -2.26. The van der Waals surface area contributed by atoms with Crippen LogP contribution in [0.5, 0.6) is 0 Å². The van der Waals surface area contributed by atoms with Crippen molar-refractivity contribution in [1.29, 1.82) is 0 Å². The molecule has 0 aromatic heterocycles. The van der Waals surface area contributed by atoms with E-state index in [1.165, 1.54) is 12.0 Å². The number of hydrogen-bond donors (Lipinski definition) is 1. The minimum atomic E-state index is -0.187. The maximum absolute atomic E-state index is 12.4. The van der Waals surface area contributed by atoms with Gasteiger partial charge < -0.3 is 4.90 Å². The molecule has 4 nitrogen and oxygen atoms in total. The summed E-state index contributed by atoms with van der Waals surface area (Å²) in [6, 6.07) is 7.67. The number of allylic oxidation sites excluding steroid dienone is 4. The quantitative estimate of drug-likeness (QED) is 0.381. The molecule has 28 heavy (non-hydrogen) atoms. The lowest BCUT2D eigenvalue weighted by molar-refractivity contribution is 0.0955. The zero-order valence-electron chi connectivity index (χ0n) is 18.2. The van der Waals surface area contributed by atoms with Crippen LogP contribution in [0.1, 0.15) is 64.7 Å². The molecule has 1 aromatic carbocycles. The van der Waals surface area contributed by atoms with Crippen molar-refractivity contribution < 1.29 is 4.79 Å². The molecule has 1 N–H and O–H groups in total. The van der Waals surface area contributed by atoms with Gasteiger partial charge in [-0.15, -0.1) is 0 Å². The van der Waals surface area contributed by atoms with E-state index in [0.717, 1.165) is 30.9 Å². The van der Waals surface area contributed by atoms with Crippen LogP contribution in [0.15, 0.2) is 53.2 Å². The van der Waals surface area contributed by atoms with E-state index in [4.69, 9.17) is 0 Å². The number of nitrogens with one attached hydrogen (secondary N) is 1. The normalized spacial score (nSPS) is 19.4. The molecule has 0 bridgehead atoms. The Balaban J connectivity index is 1.99. The van der Waals surface area contributed by atoms with Gasteiger partial charge in [-0.05, 0) is 76.3 Å². The van der Waals surface area contributed by atoms with Crippen molar-refractivity contribution in [1.82, 2.24) is 5.43 Å². The van der Waals surface area contributed by atoms with Gasteiger partial charge in [-0.2, -0.15) is 5.10 Å². The highest BCUT2D eigenvalue weighted by molar-refractivity contribution is 5.97. The average Bonchev–Trinajstić information content (AvgIpc) is 2.66. The predicted octanol–water partition coefficient (Wildman–Crippen LogP) is 5.58. The highest BCUT2D eigenvalue weighted by Crippen LogP contribution is 2.41. The maximum Gasteiger partial charge on any atom is 0.271 e. The summed E-state index contributed by atoms with van der Waals surface area (Å²) in [6.45, 7) is 14.9. The number of amides is 1. The third kappa shape index (κ3) is 5.57. The maximum atomic E-state index is 12.4. The summed E-state index contributed by atoms with van der Waals surface area (Å²) in [7, 11) is 0. The van der Waals surface area contributed by atoms with E-state index < -0.39 is 0 Å². The Bertz CT molecular complexity index is 753. The predicted molar refractivity (Wildman–Crippen MR) is 120 cm³/mol. The number of hydrazone groups is 1. The van der Waals surface area contributed by atoms with Gasteiger partial charge in [0.1, 0.15) is 0 Å². The molecule has 1 atom stereocenters. The topological polar surface area (TPSA) is 44.7 Å². The fraction of sp³-hybridized carbons (Fsp3) is 0.500. The van der Waals surface area contributed by atoms with Crippen molar-refractivity contribution in [3.8, 4) is 0 Å². The number of carbonyl (C=O) groups is 1. The second kappa shape index (κ2) is 9.72. The van der Waals surface area contributed by atoms with Crippen molar-refractivity contribution in [2.45, 2.75) is 54.4 Å². The van der Waals surface area contributed by atoms with Crippen molar-refractivity contribution in [3.63, 3.8) is 0 Å². The first-order valence-electron chi connectivity index (χ1n) is 10.3. The Morgan fingerprint density at radius 2 is 1.89 bits per heavy atom. The molecule has 1 aliphatic carbocycles. The lowest BCUT2D eigenvalue weighted by Gasteiger charge is -2.36. The average molecular weight is 382 g/mol. The highest BCUT2D eigenvalue weighted by Gasteiger charge is 2.30. The van der Waals surface area contributed by atoms with Crippen LogP contribution in [0.25, 0.3) is 0 Å². The summed E-state index contributed by atoms with van der Waals surface area (Å²) >= 11 is 0. The van der Waals surface area contributed by atoms with Crippen molar-refractivity contribution in [2.75, 3.05) is 18.0 Å². The molecule has 1 aromatic rings. The summed E-state index contributed by atoms with van der Waals surface area (Å²) < 4.78 is 0. The van der Waals surface area contributed by atoms with E-state index in [-0.39, 0.29) is 11.3 Å². The van der Waals surface area contributed by atoms with Crippen molar-refractivity contribution in [2.24, 2.45) is 16.4 Å². The molecule has 1 aliphatic rings. The van der Waals surface area contributed by atoms with Crippen LogP contribution in [0.2, 0.25) is 0 Å². The first kappa shape index (κ1) is 21.9. The van der Waals surface area contributed by atoms with Gasteiger partial charge in [-0.1, -0.05) is 31.6 Å². The molecule has 4 heteroatoms. The summed E-state index contributed by atoms with van der Waals surface area (Å²) in [5.74, 6) is 0.225. The Labute approximate surface area is 170 Å². The summed E-state index contributed by atoms with van der Waals surface area (Å²) in [4.78, 5) is 14.6. The number of carbonyl (C=O) groups excluding carboxylic acids is 1. The summed E-state index contributed by atoms with van der Waals surface area (Å²) in [5, 5.41) is 4.25. The lowest BCUT2D eigenvalue weighted by atomic mass is 9.68. The molecule has 1 amide bonds. The molecular weight excluding hydrogens is 346 g/mol. The number of rotatable bonds is 7. The fourth-order valence-corrected chi connectivity index (χ4v) is 3.87. The number of anilines is 1. The summed E-state index contributed by atoms with van der Waals surface area (Å²) in [6.07, 6.45) is 8.90. The second-order valence-electron chi connectivity index (χ2n) is 8.23. The van der Waals surface area contributed by atoms with E-state index in [2.05, 4.69) is 62.2 Å². The summed E-state index contributed by atoms with van der Waals surface area (Å²) in [5.41, 5.74) is 6.87. The Hall–Kier alpha value is -2.36. The number of nitrogens with zero attached hydrogens (tertiary/aromatic N) is 2. The zero-order chi connectivity index (χ0) is 20.7. The Morgan fingerprint density at radius 3 is 2.46 bits per heavy atom. The van der Waals surface area contributed by atoms with Crippen LogP contribution in [-0.4, -0.2) is 24.7 Å².